The van der Waals surface area contributed by atoms with Crippen LogP contribution in [0.1, 0.15) is 25.7 Å². The molecule has 0 aromatic carbocycles. The van der Waals surface area contributed by atoms with E-state index in [0.717, 1.165) is 43.9 Å². The van der Waals surface area contributed by atoms with Gasteiger partial charge in [0.2, 0.25) is 5.91 Å². The summed E-state index contributed by atoms with van der Waals surface area (Å²) in [5, 5.41) is 2.97. The SMILES string of the molecule is NC(=NCCCNC(=O)C1CCC1)N1CCSCC1. The van der Waals surface area contributed by atoms with Crippen LogP contribution in [0, 0.1) is 5.92 Å². The van der Waals surface area contributed by atoms with Crippen LogP contribution in [-0.4, -0.2) is 54.5 Å². The van der Waals surface area contributed by atoms with Crippen LogP contribution in [0.2, 0.25) is 0 Å². The van der Waals surface area contributed by atoms with Crippen molar-refractivity contribution < 1.29 is 4.79 Å². The Hall–Kier alpha value is -0.910. The van der Waals surface area contributed by atoms with Crippen LogP contribution >= 0.6 is 11.8 Å². The van der Waals surface area contributed by atoms with E-state index in [1.807, 2.05) is 11.8 Å². The van der Waals surface area contributed by atoms with Crippen LogP contribution in [0.4, 0.5) is 0 Å². The van der Waals surface area contributed by atoms with Gasteiger partial charge in [-0.05, 0) is 19.3 Å². The standard InChI is InChI=1S/C13H24N4OS/c14-13(17-7-9-19-10-8-17)16-6-2-5-15-12(18)11-3-1-4-11/h11H,1-10H2,(H2,14,16)(H,15,18). The highest BCUT2D eigenvalue weighted by molar-refractivity contribution is 7.99. The van der Waals surface area contributed by atoms with Gasteiger partial charge in [-0.15, -0.1) is 0 Å². The number of carbonyl (C=O) groups is 1. The van der Waals surface area contributed by atoms with E-state index in [1.54, 1.807) is 0 Å². The maximum Gasteiger partial charge on any atom is 0.223 e. The number of carbonyl (C=O) groups excluding carboxylic acids is 1. The first-order chi connectivity index (χ1) is 9.27. The topological polar surface area (TPSA) is 70.7 Å². The molecule has 6 heteroatoms. The molecule has 0 spiro atoms. The molecule has 1 heterocycles. The maximum atomic E-state index is 11.6. The Morgan fingerprint density at radius 2 is 2.11 bits per heavy atom. The maximum absolute atomic E-state index is 11.6. The lowest BCUT2D eigenvalue weighted by Crippen LogP contribution is -2.42. The highest BCUT2D eigenvalue weighted by atomic mass is 32.2. The van der Waals surface area contributed by atoms with E-state index < -0.39 is 0 Å². The zero-order valence-electron chi connectivity index (χ0n) is 11.4. The summed E-state index contributed by atoms with van der Waals surface area (Å²) in [5.74, 6) is 3.42. The average molecular weight is 284 g/mol. The van der Waals surface area contributed by atoms with E-state index in [0.29, 0.717) is 19.0 Å². The van der Waals surface area contributed by atoms with Crippen molar-refractivity contribution in [1.82, 2.24) is 10.2 Å². The predicted molar refractivity (Wildman–Crippen MR) is 80.4 cm³/mol. The zero-order chi connectivity index (χ0) is 13.5. The molecular formula is C13H24N4OS. The summed E-state index contributed by atoms with van der Waals surface area (Å²) >= 11 is 1.96. The Morgan fingerprint density at radius 1 is 1.37 bits per heavy atom. The van der Waals surface area contributed by atoms with Crippen molar-refractivity contribution in [2.45, 2.75) is 25.7 Å². The molecule has 0 aromatic rings. The van der Waals surface area contributed by atoms with Gasteiger partial charge in [-0.3, -0.25) is 9.79 Å². The first-order valence-electron chi connectivity index (χ1n) is 7.17. The normalized spacial score (nSPS) is 21.1. The van der Waals surface area contributed by atoms with Crippen LogP contribution in [-0.2, 0) is 4.79 Å². The minimum atomic E-state index is 0.219. The molecule has 0 unspecified atom stereocenters. The van der Waals surface area contributed by atoms with Gasteiger partial charge in [0.15, 0.2) is 5.96 Å². The Balaban J connectivity index is 1.55. The van der Waals surface area contributed by atoms with E-state index in [9.17, 15) is 4.79 Å². The number of rotatable bonds is 5. The van der Waals surface area contributed by atoms with Gasteiger partial charge in [-0.25, -0.2) is 0 Å². The molecular weight excluding hydrogens is 260 g/mol. The number of nitrogens with two attached hydrogens (primary N) is 1. The quantitative estimate of drug-likeness (QED) is 0.442. The first-order valence-corrected chi connectivity index (χ1v) is 8.33. The van der Waals surface area contributed by atoms with Gasteiger partial charge in [0.25, 0.3) is 0 Å². The van der Waals surface area contributed by atoms with Gasteiger partial charge in [0.1, 0.15) is 0 Å². The molecule has 1 aliphatic carbocycles. The molecule has 0 radical (unpaired) electrons. The number of aliphatic imine (C=N–C) groups is 1. The number of nitrogens with zero attached hydrogens (tertiary/aromatic N) is 2. The second-order valence-corrected chi connectivity index (χ2v) is 6.34. The summed E-state index contributed by atoms with van der Waals surface area (Å²) in [4.78, 5) is 18.1. The summed E-state index contributed by atoms with van der Waals surface area (Å²) in [6.45, 7) is 3.40. The van der Waals surface area contributed by atoms with Gasteiger partial charge in [-0.2, -0.15) is 11.8 Å². The van der Waals surface area contributed by atoms with Gasteiger partial charge >= 0.3 is 0 Å². The van der Waals surface area contributed by atoms with Crippen LogP contribution in [0.15, 0.2) is 4.99 Å². The molecule has 0 aromatic heterocycles. The van der Waals surface area contributed by atoms with Crippen molar-refractivity contribution in [2.24, 2.45) is 16.6 Å². The fourth-order valence-corrected chi connectivity index (χ4v) is 3.09. The lowest BCUT2D eigenvalue weighted by Gasteiger charge is -2.27. The van der Waals surface area contributed by atoms with Crippen molar-refractivity contribution >= 4 is 23.6 Å². The molecule has 2 rings (SSSR count). The molecule has 1 saturated carbocycles. The fraction of sp³-hybridized carbons (Fsp3) is 0.846. The predicted octanol–water partition coefficient (Wildman–Crippen LogP) is 0.656. The molecule has 1 aliphatic heterocycles. The average Bonchev–Trinajstić information content (AvgIpc) is 2.37. The van der Waals surface area contributed by atoms with Crippen molar-refractivity contribution in [3.63, 3.8) is 0 Å². The Kier molecular flexibility index (Phi) is 5.82. The lowest BCUT2D eigenvalue weighted by molar-refractivity contribution is -0.127. The summed E-state index contributed by atoms with van der Waals surface area (Å²) in [6, 6.07) is 0. The van der Waals surface area contributed by atoms with Gasteiger partial charge < -0.3 is 16.0 Å². The van der Waals surface area contributed by atoms with Crippen LogP contribution in [0.5, 0.6) is 0 Å². The number of hydrogen-bond donors (Lipinski definition) is 2. The number of amides is 1. The third-order valence-corrected chi connectivity index (χ3v) is 4.66. The number of hydrogen-bond acceptors (Lipinski definition) is 3. The fourth-order valence-electron chi connectivity index (χ4n) is 2.19. The van der Waals surface area contributed by atoms with E-state index in [1.165, 1.54) is 6.42 Å². The van der Waals surface area contributed by atoms with Crippen molar-refractivity contribution in [3.05, 3.63) is 0 Å². The molecule has 2 aliphatic rings. The Labute approximate surface area is 119 Å². The molecule has 19 heavy (non-hydrogen) atoms. The van der Waals surface area contributed by atoms with Crippen molar-refractivity contribution in [2.75, 3.05) is 37.7 Å². The van der Waals surface area contributed by atoms with E-state index in [-0.39, 0.29) is 11.8 Å². The number of nitrogens with one attached hydrogen (secondary N) is 1. The number of guanidine groups is 1. The smallest absolute Gasteiger partial charge is 0.223 e. The van der Waals surface area contributed by atoms with Crippen molar-refractivity contribution in [3.8, 4) is 0 Å². The highest BCUT2D eigenvalue weighted by Gasteiger charge is 2.24. The Bertz CT molecular complexity index is 325. The molecule has 3 N–H and O–H groups in total. The molecule has 1 amide bonds. The van der Waals surface area contributed by atoms with E-state index in [2.05, 4.69) is 15.2 Å². The highest BCUT2D eigenvalue weighted by Crippen LogP contribution is 2.25. The zero-order valence-corrected chi connectivity index (χ0v) is 12.3. The molecule has 0 bridgehead atoms. The van der Waals surface area contributed by atoms with Crippen LogP contribution < -0.4 is 11.1 Å². The minimum absolute atomic E-state index is 0.219. The van der Waals surface area contributed by atoms with Gasteiger partial charge in [-0.1, -0.05) is 6.42 Å². The molecule has 2 fully saturated rings. The second kappa shape index (κ2) is 7.62. The van der Waals surface area contributed by atoms with Crippen LogP contribution in [0.3, 0.4) is 0 Å². The summed E-state index contributed by atoms with van der Waals surface area (Å²) < 4.78 is 0. The first kappa shape index (κ1) is 14.5. The van der Waals surface area contributed by atoms with Crippen LogP contribution in [0.25, 0.3) is 0 Å². The van der Waals surface area contributed by atoms with E-state index in [4.69, 9.17) is 5.73 Å². The lowest BCUT2D eigenvalue weighted by atomic mass is 9.85. The van der Waals surface area contributed by atoms with E-state index >= 15 is 0 Å². The van der Waals surface area contributed by atoms with Gasteiger partial charge in [0.05, 0.1) is 0 Å². The molecule has 108 valence electrons. The third-order valence-electron chi connectivity index (χ3n) is 3.72. The second-order valence-electron chi connectivity index (χ2n) is 5.11. The van der Waals surface area contributed by atoms with Crippen molar-refractivity contribution in [1.29, 1.82) is 0 Å². The molecule has 0 atom stereocenters. The largest absolute Gasteiger partial charge is 0.370 e. The molecule has 5 nitrogen and oxygen atoms in total. The monoisotopic (exact) mass is 284 g/mol. The summed E-state index contributed by atoms with van der Waals surface area (Å²) in [6.07, 6.45) is 4.18. The van der Waals surface area contributed by atoms with Gasteiger partial charge in [0, 0.05) is 43.6 Å². The molecule has 1 saturated heterocycles. The summed E-state index contributed by atoms with van der Waals surface area (Å²) in [5.41, 5.74) is 5.95. The Morgan fingerprint density at radius 3 is 2.74 bits per heavy atom. The summed E-state index contributed by atoms with van der Waals surface area (Å²) in [7, 11) is 0. The third kappa shape index (κ3) is 4.60. The number of thioether (sulfide) groups is 1. The minimum Gasteiger partial charge on any atom is -0.370 e.